The van der Waals surface area contributed by atoms with Gasteiger partial charge in [0.05, 0.1) is 25.9 Å². The van der Waals surface area contributed by atoms with E-state index < -0.39 is 35.5 Å². The van der Waals surface area contributed by atoms with Crippen LogP contribution in [0.15, 0.2) is 71.1 Å². The minimum absolute atomic E-state index is 0.138. The molecule has 2 aliphatic rings. The van der Waals surface area contributed by atoms with Crippen LogP contribution in [0.3, 0.4) is 0 Å². The van der Waals surface area contributed by atoms with Crippen molar-refractivity contribution in [1.29, 1.82) is 0 Å². The topological polar surface area (TPSA) is 90.9 Å². The van der Waals surface area contributed by atoms with Gasteiger partial charge >= 0.3 is 11.9 Å². The van der Waals surface area contributed by atoms with Crippen molar-refractivity contribution in [2.24, 2.45) is 5.92 Å². The van der Waals surface area contributed by atoms with Gasteiger partial charge in [-0.2, -0.15) is 0 Å². The Hall–Kier alpha value is -3.58. The molecule has 0 amide bonds. The second-order valence-corrected chi connectivity index (χ2v) is 9.34. The van der Waals surface area contributed by atoms with Gasteiger partial charge in [-0.3, -0.25) is 9.59 Å². The van der Waals surface area contributed by atoms with Crippen LogP contribution in [0.25, 0.3) is 0 Å². The molecule has 0 saturated heterocycles. The molecule has 2 aromatic carbocycles. The van der Waals surface area contributed by atoms with Crippen molar-refractivity contribution in [3.63, 3.8) is 0 Å². The molecule has 0 bridgehead atoms. The maximum absolute atomic E-state index is 14.3. The minimum Gasteiger partial charge on any atom is -0.496 e. The van der Waals surface area contributed by atoms with Gasteiger partial charge < -0.3 is 19.5 Å². The summed E-state index contributed by atoms with van der Waals surface area (Å²) in [5.41, 5.74) is 3.39. The zero-order chi connectivity index (χ0) is 26.7. The first kappa shape index (κ1) is 26.5. The summed E-state index contributed by atoms with van der Waals surface area (Å²) in [4.78, 5) is 40.7. The van der Waals surface area contributed by atoms with Crippen LogP contribution in [0.1, 0.15) is 50.2 Å². The third-order valence-corrected chi connectivity index (χ3v) is 7.05. The van der Waals surface area contributed by atoms with Gasteiger partial charge in [0, 0.05) is 33.8 Å². The van der Waals surface area contributed by atoms with Gasteiger partial charge in [-0.15, -0.1) is 0 Å². The van der Waals surface area contributed by atoms with Crippen LogP contribution in [0.2, 0.25) is 5.02 Å². The van der Waals surface area contributed by atoms with Crippen molar-refractivity contribution in [3.05, 3.63) is 87.2 Å². The maximum atomic E-state index is 14.3. The number of hydrogen-bond acceptors (Lipinski definition) is 7. The molecule has 3 atom stereocenters. The molecule has 194 valence electrons. The van der Waals surface area contributed by atoms with Crippen LogP contribution < -0.4 is 10.1 Å². The van der Waals surface area contributed by atoms with Crippen LogP contribution in [0.4, 0.5) is 0 Å². The Labute approximate surface area is 221 Å². The van der Waals surface area contributed by atoms with E-state index in [9.17, 15) is 14.4 Å². The molecule has 1 aliphatic carbocycles. The van der Waals surface area contributed by atoms with Crippen LogP contribution >= 0.6 is 11.6 Å². The summed E-state index contributed by atoms with van der Waals surface area (Å²) < 4.78 is 16.3. The predicted molar refractivity (Wildman–Crippen MR) is 139 cm³/mol. The highest BCUT2D eigenvalue weighted by Gasteiger charge is 2.49. The molecular weight excluding hydrogens is 494 g/mol. The van der Waals surface area contributed by atoms with Crippen molar-refractivity contribution in [2.75, 3.05) is 20.3 Å². The van der Waals surface area contributed by atoms with Gasteiger partial charge in [-0.1, -0.05) is 41.9 Å². The number of halogens is 1. The SMILES string of the molecule is CCOC(=O)C1=C(C)NC2=C(C(=O)[C@@H](C(=O)OCC)[C@H](c3ccccc3OC)C2)[C@@H]1c1ccc(Cl)cc1. The summed E-state index contributed by atoms with van der Waals surface area (Å²) in [6.45, 7) is 5.55. The number of hydrogen-bond donors (Lipinski definition) is 1. The second kappa shape index (κ2) is 11.2. The van der Waals surface area contributed by atoms with Gasteiger partial charge in [0.1, 0.15) is 11.7 Å². The van der Waals surface area contributed by atoms with Gasteiger partial charge in [-0.25, -0.2) is 4.79 Å². The molecular formula is C29H30ClNO6. The maximum Gasteiger partial charge on any atom is 0.336 e. The monoisotopic (exact) mass is 523 g/mol. The van der Waals surface area contributed by atoms with Gasteiger partial charge in [0.15, 0.2) is 5.78 Å². The number of methoxy groups -OCH3 is 1. The van der Waals surface area contributed by atoms with E-state index in [1.165, 1.54) is 0 Å². The molecule has 0 spiro atoms. The quantitative estimate of drug-likeness (QED) is 0.400. The zero-order valence-corrected chi connectivity index (χ0v) is 22.1. The first-order valence-corrected chi connectivity index (χ1v) is 12.7. The fourth-order valence-corrected chi connectivity index (χ4v) is 5.40. The third-order valence-electron chi connectivity index (χ3n) is 6.80. The highest BCUT2D eigenvalue weighted by Crippen LogP contribution is 2.49. The number of ether oxygens (including phenoxy) is 3. The van der Waals surface area contributed by atoms with E-state index >= 15 is 0 Å². The van der Waals surface area contributed by atoms with Crippen LogP contribution in [0, 0.1) is 5.92 Å². The summed E-state index contributed by atoms with van der Waals surface area (Å²) in [6.07, 6.45) is 0.350. The van der Waals surface area contributed by atoms with E-state index in [0.29, 0.717) is 45.3 Å². The summed E-state index contributed by atoms with van der Waals surface area (Å²) in [7, 11) is 1.56. The van der Waals surface area contributed by atoms with Crippen molar-refractivity contribution in [3.8, 4) is 5.75 Å². The summed E-state index contributed by atoms with van der Waals surface area (Å²) in [5, 5.41) is 3.83. The molecule has 4 rings (SSSR count). The number of ketones is 1. The highest BCUT2D eigenvalue weighted by atomic mass is 35.5. The Morgan fingerprint density at radius 1 is 1.03 bits per heavy atom. The molecule has 37 heavy (non-hydrogen) atoms. The van der Waals surface area contributed by atoms with Crippen molar-refractivity contribution in [2.45, 2.75) is 39.0 Å². The summed E-state index contributed by atoms with van der Waals surface area (Å²) in [5.74, 6) is -3.28. The number of esters is 2. The number of benzene rings is 2. The Kier molecular flexibility index (Phi) is 8.03. The number of nitrogens with one attached hydrogen (secondary N) is 1. The van der Waals surface area contributed by atoms with Gasteiger partial charge in [0.2, 0.25) is 0 Å². The Balaban J connectivity index is 1.91. The normalized spacial score (nSPS) is 21.2. The molecule has 0 fully saturated rings. The van der Waals surface area contributed by atoms with E-state index in [2.05, 4.69) is 5.32 Å². The van der Waals surface area contributed by atoms with E-state index in [-0.39, 0.29) is 13.2 Å². The smallest absolute Gasteiger partial charge is 0.336 e. The molecule has 0 aromatic heterocycles. The summed E-state index contributed by atoms with van der Waals surface area (Å²) in [6, 6.07) is 14.4. The number of dihydropyridines is 1. The molecule has 0 radical (unpaired) electrons. The number of Topliss-reactive ketones (excluding diaryl/α,β-unsaturated/α-hetero) is 1. The zero-order valence-electron chi connectivity index (χ0n) is 21.3. The first-order chi connectivity index (χ1) is 17.8. The Bertz CT molecular complexity index is 1280. The highest BCUT2D eigenvalue weighted by molar-refractivity contribution is 6.30. The lowest BCUT2D eigenvalue weighted by Gasteiger charge is -2.39. The first-order valence-electron chi connectivity index (χ1n) is 12.3. The minimum atomic E-state index is -1.10. The van der Waals surface area contributed by atoms with Crippen LogP contribution in [-0.2, 0) is 23.9 Å². The van der Waals surface area contributed by atoms with Crippen molar-refractivity contribution < 1.29 is 28.6 Å². The third kappa shape index (κ3) is 5.01. The molecule has 1 aliphatic heterocycles. The largest absolute Gasteiger partial charge is 0.496 e. The fraction of sp³-hybridized carbons (Fsp3) is 0.345. The molecule has 1 N–H and O–H groups in total. The number of carbonyl (C=O) groups excluding carboxylic acids is 3. The standard InChI is InChI=1S/C29H30ClNO6/c1-5-36-28(33)23-16(3)31-21-15-20(19-9-7-8-10-22(19)35-4)25(29(34)37-6-2)27(32)26(21)24(23)17-11-13-18(30)14-12-17/h7-14,20,24-25,31H,5-6,15H2,1-4H3/t20-,24+,25-/m0/s1. The lowest BCUT2D eigenvalue weighted by Crippen LogP contribution is -2.43. The average Bonchev–Trinajstić information content (AvgIpc) is 2.88. The van der Waals surface area contributed by atoms with E-state index in [1.54, 1.807) is 58.2 Å². The summed E-state index contributed by atoms with van der Waals surface area (Å²) >= 11 is 6.14. The van der Waals surface area contributed by atoms with Gasteiger partial charge in [-0.05, 0) is 56.5 Å². The predicted octanol–water partition coefficient (Wildman–Crippen LogP) is 5.06. The lowest BCUT2D eigenvalue weighted by molar-refractivity contribution is -0.152. The van der Waals surface area contributed by atoms with Crippen molar-refractivity contribution in [1.82, 2.24) is 5.32 Å². The lowest BCUT2D eigenvalue weighted by atomic mass is 9.67. The Morgan fingerprint density at radius 2 is 1.70 bits per heavy atom. The van der Waals surface area contributed by atoms with Gasteiger partial charge in [0.25, 0.3) is 0 Å². The number of allylic oxidation sites excluding steroid dienone is 3. The average molecular weight is 524 g/mol. The van der Waals surface area contributed by atoms with E-state index in [4.69, 9.17) is 25.8 Å². The molecule has 0 saturated carbocycles. The molecule has 2 aromatic rings. The number of carbonyl (C=O) groups is 3. The van der Waals surface area contributed by atoms with Crippen LogP contribution in [-0.4, -0.2) is 38.0 Å². The van der Waals surface area contributed by atoms with Crippen LogP contribution in [0.5, 0.6) is 5.75 Å². The molecule has 7 nitrogen and oxygen atoms in total. The second-order valence-electron chi connectivity index (χ2n) is 8.91. The number of para-hydroxylation sites is 1. The van der Waals surface area contributed by atoms with Crippen molar-refractivity contribution >= 4 is 29.3 Å². The van der Waals surface area contributed by atoms with E-state index in [1.807, 2.05) is 18.2 Å². The van der Waals surface area contributed by atoms with E-state index in [0.717, 1.165) is 5.56 Å². The fourth-order valence-electron chi connectivity index (χ4n) is 5.27. The Morgan fingerprint density at radius 3 is 2.35 bits per heavy atom. The molecule has 0 unspecified atom stereocenters. The molecule has 1 heterocycles. The molecule has 8 heteroatoms. The number of rotatable bonds is 7.